The van der Waals surface area contributed by atoms with Crippen LogP contribution < -0.4 is 34.7 Å². The van der Waals surface area contributed by atoms with Crippen LogP contribution in [0.4, 0.5) is 5.69 Å². The summed E-state index contributed by atoms with van der Waals surface area (Å²) >= 11 is 0. The van der Waals surface area contributed by atoms with Gasteiger partial charge in [-0.05, 0) is 6.07 Å². The Morgan fingerprint density at radius 2 is 2.00 bits per heavy atom. The fourth-order valence-electron chi connectivity index (χ4n) is 0.843. The van der Waals surface area contributed by atoms with Crippen molar-refractivity contribution in [3.8, 4) is 5.75 Å². The molecule has 0 aromatic heterocycles. The first-order valence-electron chi connectivity index (χ1n) is 3.21. The van der Waals surface area contributed by atoms with Gasteiger partial charge in [-0.25, -0.2) is 0 Å². The molecule has 0 saturated carbocycles. The van der Waals surface area contributed by atoms with Crippen molar-refractivity contribution in [1.82, 2.24) is 0 Å². The predicted octanol–water partition coefficient (Wildman–Crippen LogP) is -3.33. The minimum Gasteiger partial charge on any atom is -0.545 e. The predicted molar refractivity (Wildman–Crippen MR) is 39.1 cm³/mol. The number of carboxylic acid groups (broad SMARTS) is 1. The van der Waals surface area contributed by atoms with E-state index in [-0.39, 0.29) is 29.6 Å². The second kappa shape index (κ2) is 4.94. The Morgan fingerprint density at radius 1 is 1.43 bits per heavy atom. The Balaban J connectivity index is 0.00000169. The SMILES string of the molecule is O=C([O-])c1cccc([N+](=O)[O-])c1O.[Na+]. The van der Waals surface area contributed by atoms with Gasteiger partial charge in [0, 0.05) is 11.6 Å². The van der Waals surface area contributed by atoms with Gasteiger partial charge in [0.1, 0.15) is 0 Å². The first-order chi connectivity index (χ1) is 6.04. The molecule has 6 nitrogen and oxygen atoms in total. The van der Waals surface area contributed by atoms with Crippen molar-refractivity contribution in [1.29, 1.82) is 0 Å². The molecule has 0 aliphatic rings. The van der Waals surface area contributed by atoms with Gasteiger partial charge in [-0.15, -0.1) is 0 Å². The van der Waals surface area contributed by atoms with E-state index in [1.807, 2.05) is 0 Å². The van der Waals surface area contributed by atoms with E-state index in [4.69, 9.17) is 5.11 Å². The van der Waals surface area contributed by atoms with Gasteiger partial charge in [0.05, 0.1) is 10.9 Å². The van der Waals surface area contributed by atoms with Crippen LogP contribution in [0.2, 0.25) is 0 Å². The monoisotopic (exact) mass is 205 g/mol. The molecule has 0 aliphatic heterocycles. The summed E-state index contributed by atoms with van der Waals surface area (Å²) < 4.78 is 0. The number of carboxylic acids is 1. The van der Waals surface area contributed by atoms with E-state index in [0.717, 1.165) is 18.2 Å². The standard InChI is InChI=1S/C7H5NO5.Na/c9-6-4(7(10)11)2-1-3-5(6)8(12)13;/h1-3,9H,(H,10,11);/q;+1/p-1. The molecule has 0 heterocycles. The molecule has 1 N–H and O–H groups in total. The number of hydrogen-bond acceptors (Lipinski definition) is 5. The number of phenols is 1. The van der Waals surface area contributed by atoms with E-state index in [9.17, 15) is 20.0 Å². The van der Waals surface area contributed by atoms with E-state index in [1.54, 1.807) is 0 Å². The molecule has 7 heteroatoms. The number of nitro groups is 1. The summed E-state index contributed by atoms with van der Waals surface area (Å²) in [4.78, 5) is 19.7. The molecule has 0 bridgehead atoms. The number of para-hydroxylation sites is 1. The Bertz CT molecular complexity index is 346. The van der Waals surface area contributed by atoms with Crippen LogP contribution in [0.1, 0.15) is 10.4 Å². The maximum atomic E-state index is 10.3. The molecule has 0 fully saturated rings. The number of carbonyl (C=O) groups is 1. The van der Waals surface area contributed by atoms with Crippen molar-refractivity contribution in [3.05, 3.63) is 33.9 Å². The average molecular weight is 205 g/mol. The summed E-state index contributed by atoms with van der Waals surface area (Å²) in [6.45, 7) is 0. The van der Waals surface area contributed by atoms with Crippen LogP contribution in [0, 0.1) is 10.1 Å². The zero-order valence-electron chi connectivity index (χ0n) is 7.26. The third-order valence-electron chi connectivity index (χ3n) is 1.43. The van der Waals surface area contributed by atoms with Crippen LogP contribution >= 0.6 is 0 Å². The Morgan fingerprint density at radius 3 is 2.43 bits per heavy atom. The number of nitro benzene ring substituents is 1. The van der Waals surface area contributed by atoms with Crippen molar-refractivity contribution >= 4 is 11.7 Å². The molecule has 14 heavy (non-hydrogen) atoms. The Hall–Kier alpha value is -1.11. The largest absolute Gasteiger partial charge is 1.00 e. The first-order valence-corrected chi connectivity index (χ1v) is 3.21. The number of aromatic hydroxyl groups is 1. The molecular weight excluding hydrogens is 201 g/mol. The number of carbonyl (C=O) groups excluding carboxylic acids is 1. The van der Waals surface area contributed by atoms with Gasteiger partial charge >= 0.3 is 35.2 Å². The summed E-state index contributed by atoms with van der Waals surface area (Å²) in [5, 5.41) is 29.6. The summed E-state index contributed by atoms with van der Waals surface area (Å²) in [6.07, 6.45) is 0. The van der Waals surface area contributed by atoms with Gasteiger partial charge in [-0.3, -0.25) is 10.1 Å². The molecular formula is C7H4NNaO5. The van der Waals surface area contributed by atoms with Crippen molar-refractivity contribution in [2.45, 2.75) is 0 Å². The minimum atomic E-state index is -1.65. The van der Waals surface area contributed by atoms with Crippen LogP contribution in [0.5, 0.6) is 5.75 Å². The van der Waals surface area contributed by atoms with Crippen molar-refractivity contribution in [3.63, 3.8) is 0 Å². The van der Waals surface area contributed by atoms with Crippen LogP contribution in [0.3, 0.4) is 0 Å². The van der Waals surface area contributed by atoms with Crippen LogP contribution in [-0.4, -0.2) is 16.0 Å². The summed E-state index contributed by atoms with van der Waals surface area (Å²) in [6, 6.07) is 3.18. The summed E-state index contributed by atoms with van der Waals surface area (Å²) in [5.41, 5.74) is -1.24. The molecule has 0 aliphatic carbocycles. The number of aromatic carboxylic acids is 1. The van der Waals surface area contributed by atoms with Gasteiger partial charge in [-0.2, -0.15) is 0 Å². The smallest absolute Gasteiger partial charge is 0.545 e. The zero-order chi connectivity index (χ0) is 10.0. The molecule has 0 spiro atoms. The third-order valence-corrected chi connectivity index (χ3v) is 1.43. The van der Waals surface area contributed by atoms with Crippen molar-refractivity contribution in [2.24, 2.45) is 0 Å². The van der Waals surface area contributed by atoms with Gasteiger partial charge in [0.25, 0.3) is 0 Å². The number of hydrogen-bond donors (Lipinski definition) is 1. The number of nitrogens with zero attached hydrogens (tertiary/aromatic N) is 1. The number of benzene rings is 1. The topological polar surface area (TPSA) is 104 Å². The molecule has 1 aromatic rings. The second-order valence-corrected chi connectivity index (χ2v) is 2.22. The van der Waals surface area contributed by atoms with E-state index in [1.165, 1.54) is 0 Å². The minimum absolute atomic E-state index is 0. The fraction of sp³-hybridized carbons (Fsp3) is 0. The Kier molecular flexibility index (Phi) is 4.55. The van der Waals surface area contributed by atoms with E-state index in [2.05, 4.69) is 0 Å². The third kappa shape index (κ3) is 2.44. The molecule has 0 saturated heterocycles. The van der Waals surface area contributed by atoms with Gasteiger partial charge < -0.3 is 15.0 Å². The van der Waals surface area contributed by atoms with Gasteiger partial charge in [0.2, 0.25) is 5.75 Å². The molecule has 1 aromatic carbocycles. The molecule has 0 radical (unpaired) electrons. The van der Waals surface area contributed by atoms with Gasteiger partial charge in [0.15, 0.2) is 0 Å². The quantitative estimate of drug-likeness (QED) is 0.309. The summed E-state index contributed by atoms with van der Waals surface area (Å²) in [7, 11) is 0. The van der Waals surface area contributed by atoms with Crippen molar-refractivity contribution in [2.75, 3.05) is 0 Å². The molecule has 0 atom stereocenters. The molecule has 0 amide bonds. The van der Waals surface area contributed by atoms with E-state index >= 15 is 0 Å². The van der Waals surface area contributed by atoms with Crippen LogP contribution in [0.15, 0.2) is 18.2 Å². The molecule has 68 valence electrons. The summed E-state index contributed by atoms with van der Waals surface area (Å²) in [5.74, 6) is -2.53. The normalized spacial score (nSPS) is 8.86. The molecule has 0 unspecified atom stereocenters. The average Bonchev–Trinajstić information content (AvgIpc) is 2.03. The first kappa shape index (κ1) is 12.9. The second-order valence-electron chi connectivity index (χ2n) is 2.22. The van der Waals surface area contributed by atoms with E-state index in [0.29, 0.717) is 0 Å². The van der Waals surface area contributed by atoms with Crippen LogP contribution in [-0.2, 0) is 0 Å². The number of rotatable bonds is 2. The van der Waals surface area contributed by atoms with E-state index < -0.39 is 27.9 Å². The zero-order valence-corrected chi connectivity index (χ0v) is 9.26. The fourth-order valence-corrected chi connectivity index (χ4v) is 0.843. The van der Waals surface area contributed by atoms with Gasteiger partial charge in [-0.1, -0.05) is 6.07 Å². The maximum absolute atomic E-state index is 10.3. The maximum Gasteiger partial charge on any atom is 1.00 e. The van der Waals surface area contributed by atoms with Crippen LogP contribution in [0.25, 0.3) is 0 Å². The molecule has 1 rings (SSSR count). The van der Waals surface area contributed by atoms with Crippen molar-refractivity contribution < 1.29 is 49.5 Å². The Labute approximate surface area is 101 Å².